The molecule has 0 saturated carbocycles. The molecule has 0 fully saturated rings. The highest BCUT2D eigenvalue weighted by Crippen LogP contribution is 2.11. The van der Waals surface area contributed by atoms with Gasteiger partial charge in [-0.05, 0) is 25.7 Å². The van der Waals surface area contributed by atoms with Gasteiger partial charge in [-0.2, -0.15) is 0 Å². The monoisotopic (exact) mass is 414 g/mol. The third-order valence-corrected chi connectivity index (χ3v) is 4.67. The summed E-state index contributed by atoms with van der Waals surface area (Å²) in [6.07, 6.45) is 4.02. The van der Waals surface area contributed by atoms with Crippen molar-refractivity contribution in [2.75, 3.05) is 13.2 Å². The van der Waals surface area contributed by atoms with Crippen LogP contribution in [0.5, 0.6) is 0 Å². The zero-order valence-corrected chi connectivity index (χ0v) is 15.4. The molecule has 0 saturated heterocycles. The van der Waals surface area contributed by atoms with E-state index in [1.54, 1.807) is 0 Å². The Morgan fingerprint density at radius 3 is 1.50 bits per heavy atom. The number of carbonyl (C=O) groups excluding carboxylic acids is 2. The minimum Gasteiger partial charge on any atom is -0.466 e. The highest BCUT2D eigenvalue weighted by molar-refractivity contribution is 9.09. The Kier molecular flexibility index (Phi) is 12.6. The maximum atomic E-state index is 11.4. The second kappa shape index (κ2) is 12.6. The first-order valence-electron chi connectivity index (χ1n) is 7.08. The van der Waals surface area contributed by atoms with Crippen molar-refractivity contribution in [3.8, 4) is 0 Å². The van der Waals surface area contributed by atoms with Crippen LogP contribution in [0, 0.1) is 0 Å². The summed E-state index contributed by atoms with van der Waals surface area (Å²) >= 11 is 6.78. The molecule has 6 heteroatoms. The van der Waals surface area contributed by atoms with Crippen LogP contribution in [0.1, 0.15) is 52.4 Å². The number of alkyl halides is 2. The van der Waals surface area contributed by atoms with Crippen LogP contribution in [-0.4, -0.2) is 34.8 Å². The van der Waals surface area contributed by atoms with Crippen LogP contribution in [0.15, 0.2) is 0 Å². The van der Waals surface area contributed by atoms with Gasteiger partial charge in [0.2, 0.25) is 0 Å². The first kappa shape index (κ1) is 19.9. The third-order valence-electron chi connectivity index (χ3n) is 2.73. The Balaban J connectivity index is 3.44. The van der Waals surface area contributed by atoms with Crippen molar-refractivity contribution in [1.29, 1.82) is 0 Å². The maximum Gasteiger partial charge on any atom is 0.306 e. The second-order valence-corrected chi connectivity index (χ2v) is 7.16. The van der Waals surface area contributed by atoms with Gasteiger partial charge in [0.25, 0.3) is 0 Å². The first-order chi connectivity index (χ1) is 9.49. The fourth-order valence-corrected chi connectivity index (χ4v) is 1.87. The molecule has 4 nitrogen and oxygen atoms in total. The normalized spacial score (nSPS) is 13.6. The van der Waals surface area contributed by atoms with Gasteiger partial charge >= 0.3 is 11.9 Å². The van der Waals surface area contributed by atoms with E-state index in [1.165, 1.54) is 0 Å². The number of hydrogen-bond donors (Lipinski definition) is 0. The summed E-state index contributed by atoms with van der Waals surface area (Å²) in [5, 5.41) is 0. The number of rotatable bonds is 11. The Morgan fingerprint density at radius 1 is 0.850 bits per heavy atom. The number of ether oxygens (including phenoxy) is 2. The molecule has 0 aromatic heterocycles. The van der Waals surface area contributed by atoms with Crippen molar-refractivity contribution >= 4 is 43.8 Å². The maximum absolute atomic E-state index is 11.4. The number of hydrogen-bond acceptors (Lipinski definition) is 4. The SMILES string of the molecule is CCC(Br)CC(=O)OCCCCOC(=O)CC(Br)CC. The summed E-state index contributed by atoms with van der Waals surface area (Å²) in [5.41, 5.74) is 0. The summed E-state index contributed by atoms with van der Waals surface area (Å²) in [6.45, 7) is 4.79. The van der Waals surface area contributed by atoms with E-state index in [-0.39, 0.29) is 21.6 Å². The molecule has 20 heavy (non-hydrogen) atoms. The lowest BCUT2D eigenvalue weighted by Gasteiger charge is -2.09. The van der Waals surface area contributed by atoms with E-state index in [0.29, 0.717) is 38.9 Å². The van der Waals surface area contributed by atoms with Crippen molar-refractivity contribution in [2.24, 2.45) is 0 Å². The van der Waals surface area contributed by atoms with Crippen LogP contribution >= 0.6 is 31.9 Å². The van der Waals surface area contributed by atoms with Crippen molar-refractivity contribution in [3.63, 3.8) is 0 Å². The highest BCUT2D eigenvalue weighted by Gasteiger charge is 2.10. The molecule has 0 bridgehead atoms. The second-order valence-electron chi connectivity index (χ2n) is 4.57. The van der Waals surface area contributed by atoms with Crippen LogP contribution in [0.3, 0.4) is 0 Å². The molecule has 0 aromatic rings. The molecule has 0 spiro atoms. The molecule has 0 amide bonds. The summed E-state index contributed by atoms with van der Waals surface area (Å²) in [7, 11) is 0. The van der Waals surface area contributed by atoms with Gasteiger partial charge in [-0.3, -0.25) is 9.59 Å². The number of esters is 2. The number of halogens is 2. The van der Waals surface area contributed by atoms with E-state index in [9.17, 15) is 9.59 Å². The van der Waals surface area contributed by atoms with Crippen molar-refractivity contribution in [1.82, 2.24) is 0 Å². The van der Waals surface area contributed by atoms with Crippen LogP contribution < -0.4 is 0 Å². The minimum absolute atomic E-state index is 0.184. The lowest BCUT2D eigenvalue weighted by atomic mass is 10.2. The van der Waals surface area contributed by atoms with Crippen LogP contribution in [0.2, 0.25) is 0 Å². The number of carbonyl (C=O) groups is 2. The van der Waals surface area contributed by atoms with Gasteiger partial charge in [-0.25, -0.2) is 0 Å². The van der Waals surface area contributed by atoms with Crippen molar-refractivity contribution in [3.05, 3.63) is 0 Å². The van der Waals surface area contributed by atoms with Gasteiger partial charge in [0, 0.05) is 9.65 Å². The molecule has 0 aliphatic carbocycles. The average molecular weight is 416 g/mol. The first-order valence-corrected chi connectivity index (χ1v) is 8.92. The molecule has 118 valence electrons. The molecule has 0 aliphatic rings. The van der Waals surface area contributed by atoms with E-state index < -0.39 is 0 Å². The van der Waals surface area contributed by atoms with Crippen molar-refractivity contribution < 1.29 is 19.1 Å². The highest BCUT2D eigenvalue weighted by atomic mass is 79.9. The molecular formula is C14H24Br2O4. The summed E-state index contributed by atoms with van der Waals surface area (Å²) in [4.78, 5) is 23.1. The standard InChI is InChI=1S/C14H24Br2O4/c1-3-11(15)9-13(17)19-7-5-6-8-20-14(18)10-12(16)4-2/h11-12H,3-10H2,1-2H3. The fraction of sp³-hybridized carbons (Fsp3) is 0.857. The molecule has 0 aromatic carbocycles. The molecular weight excluding hydrogens is 392 g/mol. The molecule has 0 radical (unpaired) electrons. The van der Waals surface area contributed by atoms with Gasteiger partial charge in [0.05, 0.1) is 26.1 Å². The van der Waals surface area contributed by atoms with Gasteiger partial charge in [-0.1, -0.05) is 45.7 Å². The topological polar surface area (TPSA) is 52.6 Å². The van der Waals surface area contributed by atoms with E-state index in [0.717, 1.165) is 12.8 Å². The van der Waals surface area contributed by atoms with Crippen LogP contribution in [0.25, 0.3) is 0 Å². The molecule has 0 rings (SSSR count). The Morgan fingerprint density at radius 2 is 1.20 bits per heavy atom. The molecule has 2 atom stereocenters. The summed E-state index contributed by atoms with van der Waals surface area (Å²) in [6, 6.07) is 0. The minimum atomic E-state index is -0.184. The third kappa shape index (κ3) is 11.7. The summed E-state index contributed by atoms with van der Waals surface area (Å²) < 4.78 is 10.2. The lowest BCUT2D eigenvalue weighted by Crippen LogP contribution is -2.13. The quantitative estimate of drug-likeness (QED) is 0.291. The molecule has 0 heterocycles. The summed E-state index contributed by atoms with van der Waals surface area (Å²) in [5.74, 6) is -0.369. The van der Waals surface area contributed by atoms with E-state index >= 15 is 0 Å². The Labute approximate surface area is 138 Å². The predicted molar refractivity (Wildman–Crippen MR) is 86.4 cm³/mol. The van der Waals surface area contributed by atoms with Gasteiger partial charge in [-0.15, -0.1) is 0 Å². The van der Waals surface area contributed by atoms with E-state index in [2.05, 4.69) is 31.9 Å². The van der Waals surface area contributed by atoms with Gasteiger partial charge < -0.3 is 9.47 Å². The van der Waals surface area contributed by atoms with Crippen LogP contribution in [0.4, 0.5) is 0 Å². The lowest BCUT2D eigenvalue weighted by molar-refractivity contribution is -0.146. The van der Waals surface area contributed by atoms with Crippen molar-refractivity contribution in [2.45, 2.75) is 62.0 Å². The van der Waals surface area contributed by atoms with Crippen LogP contribution in [-0.2, 0) is 19.1 Å². The van der Waals surface area contributed by atoms with Gasteiger partial charge in [0.1, 0.15) is 0 Å². The molecule has 2 unspecified atom stereocenters. The fourth-order valence-electron chi connectivity index (χ4n) is 1.34. The number of unbranched alkanes of at least 4 members (excludes halogenated alkanes) is 1. The Bertz CT molecular complexity index is 256. The zero-order valence-electron chi connectivity index (χ0n) is 12.2. The zero-order chi connectivity index (χ0) is 15.4. The average Bonchev–Trinajstić information content (AvgIpc) is 2.42. The largest absolute Gasteiger partial charge is 0.466 e. The Hall–Kier alpha value is -0.100. The van der Waals surface area contributed by atoms with Gasteiger partial charge in [0.15, 0.2) is 0 Å². The van der Waals surface area contributed by atoms with E-state index in [4.69, 9.17) is 9.47 Å². The van der Waals surface area contributed by atoms with E-state index in [1.807, 2.05) is 13.8 Å². The smallest absolute Gasteiger partial charge is 0.306 e. The molecule has 0 aliphatic heterocycles. The molecule has 0 N–H and O–H groups in total. The predicted octanol–water partition coefficient (Wildman–Crippen LogP) is 3.98.